The Morgan fingerprint density at radius 1 is 1.40 bits per heavy atom. The summed E-state index contributed by atoms with van der Waals surface area (Å²) >= 11 is 0. The van der Waals surface area contributed by atoms with Crippen molar-refractivity contribution in [2.75, 3.05) is 0 Å². The lowest BCUT2D eigenvalue weighted by atomic mass is 10.2. The predicted octanol–water partition coefficient (Wildman–Crippen LogP) is 1.93. The number of hydrogen-bond acceptors (Lipinski definition) is 2. The summed E-state index contributed by atoms with van der Waals surface area (Å²) in [5.74, 6) is -5.72. The number of rotatable bonds is 4. The van der Waals surface area contributed by atoms with E-state index in [-0.39, 0.29) is 16.6 Å². The molecule has 9 heteroatoms. The Labute approximate surface area is 108 Å². The van der Waals surface area contributed by atoms with Crippen LogP contribution in [0.3, 0.4) is 0 Å². The highest BCUT2D eigenvalue weighted by molar-refractivity contribution is 5.92. The zero-order valence-electron chi connectivity index (χ0n) is 9.74. The van der Waals surface area contributed by atoms with Crippen LogP contribution in [-0.2, 0) is 6.54 Å². The van der Waals surface area contributed by atoms with Crippen LogP contribution < -0.4 is 5.69 Å². The summed E-state index contributed by atoms with van der Waals surface area (Å²) in [7, 11) is 0. The van der Waals surface area contributed by atoms with Crippen LogP contribution >= 0.6 is 0 Å². The number of aromatic carboxylic acids is 1. The molecule has 0 amide bonds. The number of aromatic nitrogens is 2. The Kier molecular flexibility index (Phi) is 3.28. The molecule has 0 spiro atoms. The smallest absolute Gasteiger partial charge is 0.335 e. The molecular formula is C11H8F4N2O3. The fraction of sp³-hybridized carbons (Fsp3) is 0.273. The Balaban J connectivity index is 2.57. The highest BCUT2D eigenvalue weighted by atomic mass is 19.3. The minimum absolute atomic E-state index is 0.0880. The van der Waals surface area contributed by atoms with E-state index in [9.17, 15) is 27.2 Å². The lowest BCUT2D eigenvalue weighted by Gasteiger charge is -2.15. The largest absolute Gasteiger partial charge is 0.478 e. The standard InChI is InChI=1S/C11H8F4N2O3/c12-9(13)11(14,15)4-17-7-3-5(8(18)19)1-2-6(7)16-10(17)20/h1-3,9H,4H2,(H,16,20)(H,18,19). The van der Waals surface area contributed by atoms with Gasteiger partial charge in [0.25, 0.3) is 0 Å². The van der Waals surface area contributed by atoms with Gasteiger partial charge in [-0.3, -0.25) is 4.57 Å². The number of carboxylic acid groups (broad SMARTS) is 1. The van der Waals surface area contributed by atoms with E-state index >= 15 is 0 Å². The Morgan fingerprint density at radius 3 is 2.60 bits per heavy atom. The van der Waals surface area contributed by atoms with Gasteiger partial charge in [-0.15, -0.1) is 0 Å². The molecule has 2 N–H and O–H groups in total. The van der Waals surface area contributed by atoms with Crippen molar-refractivity contribution in [2.24, 2.45) is 0 Å². The van der Waals surface area contributed by atoms with E-state index in [0.29, 0.717) is 4.57 Å². The van der Waals surface area contributed by atoms with Crippen LogP contribution in [0.1, 0.15) is 10.4 Å². The molecule has 1 aromatic heterocycles. The van der Waals surface area contributed by atoms with E-state index in [0.717, 1.165) is 12.1 Å². The van der Waals surface area contributed by atoms with Crippen molar-refractivity contribution in [3.63, 3.8) is 0 Å². The number of H-pyrrole nitrogens is 1. The van der Waals surface area contributed by atoms with Crippen molar-refractivity contribution >= 4 is 17.0 Å². The summed E-state index contributed by atoms with van der Waals surface area (Å²) < 4.78 is 50.8. The Hall–Kier alpha value is -2.32. The first-order valence-electron chi connectivity index (χ1n) is 5.34. The van der Waals surface area contributed by atoms with Gasteiger partial charge in [-0.05, 0) is 18.2 Å². The van der Waals surface area contributed by atoms with Crippen molar-refractivity contribution in [1.82, 2.24) is 9.55 Å². The molecule has 0 aliphatic carbocycles. The van der Waals surface area contributed by atoms with Crippen molar-refractivity contribution in [3.8, 4) is 0 Å². The molecule has 0 unspecified atom stereocenters. The third-order valence-electron chi connectivity index (χ3n) is 2.71. The number of carbonyl (C=O) groups is 1. The van der Waals surface area contributed by atoms with Crippen molar-refractivity contribution in [3.05, 3.63) is 34.2 Å². The van der Waals surface area contributed by atoms with Gasteiger partial charge in [0.05, 0.1) is 23.1 Å². The minimum Gasteiger partial charge on any atom is -0.478 e. The number of aromatic amines is 1. The van der Waals surface area contributed by atoms with Crippen LogP contribution in [0.2, 0.25) is 0 Å². The number of halogens is 4. The van der Waals surface area contributed by atoms with Gasteiger partial charge in [0.15, 0.2) is 0 Å². The summed E-state index contributed by atoms with van der Waals surface area (Å²) in [6, 6.07) is 3.34. The number of nitrogens with one attached hydrogen (secondary N) is 1. The summed E-state index contributed by atoms with van der Waals surface area (Å²) in [6.45, 7) is -1.54. The van der Waals surface area contributed by atoms with Gasteiger partial charge in [-0.2, -0.15) is 8.78 Å². The van der Waals surface area contributed by atoms with Gasteiger partial charge in [0.1, 0.15) is 0 Å². The van der Waals surface area contributed by atoms with Gasteiger partial charge in [0.2, 0.25) is 0 Å². The van der Waals surface area contributed by atoms with Gasteiger partial charge in [0, 0.05) is 0 Å². The van der Waals surface area contributed by atoms with Crippen LogP contribution in [0, 0.1) is 0 Å². The number of carboxylic acids is 1. The number of hydrogen-bond donors (Lipinski definition) is 2. The van der Waals surface area contributed by atoms with Gasteiger partial charge in [-0.25, -0.2) is 18.4 Å². The average molecular weight is 292 g/mol. The molecule has 2 aromatic rings. The zero-order chi connectivity index (χ0) is 15.1. The molecule has 0 aliphatic heterocycles. The van der Waals surface area contributed by atoms with Crippen molar-refractivity contribution in [1.29, 1.82) is 0 Å². The van der Waals surface area contributed by atoms with Crippen LogP contribution in [0.4, 0.5) is 17.6 Å². The number of nitrogens with zero attached hydrogens (tertiary/aromatic N) is 1. The molecule has 0 bridgehead atoms. The third-order valence-corrected chi connectivity index (χ3v) is 2.71. The molecular weight excluding hydrogens is 284 g/mol. The topological polar surface area (TPSA) is 75.1 Å². The fourth-order valence-corrected chi connectivity index (χ4v) is 1.72. The summed E-state index contributed by atoms with van der Waals surface area (Å²) in [5.41, 5.74) is -1.34. The van der Waals surface area contributed by atoms with E-state index < -0.39 is 30.6 Å². The Bertz CT molecular complexity index is 720. The molecule has 0 saturated carbocycles. The Morgan fingerprint density at radius 2 is 2.05 bits per heavy atom. The van der Waals surface area contributed by atoms with Gasteiger partial charge in [-0.1, -0.05) is 0 Å². The normalized spacial score (nSPS) is 12.2. The summed E-state index contributed by atoms with van der Waals surface area (Å²) in [6.07, 6.45) is -3.93. The maximum atomic E-state index is 13.0. The molecule has 0 atom stereocenters. The second-order valence-corrected chi connectivity index (χ2v) is 4.12. The third kappa shape index (κ3) is 2.38. The molecule has 108 valence electrons. The molecule has 0 radical (unpaired) electrons. The second kappa shape index (κ2) is 4.66. The molecule has 0 fully saturated rings. The van der Waals surface area contributed by atoms with E-state index in [2.05, 4.69) is 4.98 Å². The van der Waals surface area contributed by atoms with Crippen LogP contribution in [0.25, 0.3) is 11.0 Å². The van der Waals surface area contributed by atoms with E-state index in [1.807, 2.05) is 0 Å². The zero-order valence-corrected chi connectivity index (χ0v) is 9.74. The summed E-state index contributed by atoms with van der Waals surface area (Å²) in [4.78, 5) is 24.5. The lowest BCUT2D eigenvalue weighted by Crippen LogP contribution is -2.35. The predicted molar refractivity (Wildman–Crippen MR) is 60.5 cm³/mol. The monoisotopic (exact) mass is 292 g/mol. The SMILES string of the molecule is O=C(O)c1ccc2[nH]c(=O)n(CC(F)(F)C(F)F)c2c1. The maximum absolute atomic E-state index is 13.0. The highest BCUT2D eigenvalue weighted by Crippen LogP contribution is 2.26. The van der Waals surface area contributed by atoms with E-state index in [4.69, 9.17) is 5.11 Å². The quantitative estimate of drug-likeness (QED) is 0.845. The van der Waals surface area contributed by atoms with Crippen molar-refractivity contribution in [2.45, 2.75) is 18.9 Å². The second-order valence-electron chi connectivity index (χ2n) is 4.12. The molecule has 20 heavy (non-hydrogen) atoms. The van der Waals surface area contributed by atoms with E-state index in [1.54, 1.807) is 0 Å². The molecule has 2 rings (SSSR count). The number of benzene rings is 1. The van der Waals surface area contributed by atoms with Crippen molar-refractivity contribution < 1.29 is 27.5 Å². The maximum Gasteiger partial charge on any atom is 0.335 e. The minimum atomic E-state index is -4.39. The molecule has 0 saturated heterocycles. The van der Waals surface area contributed by atoms with Crippen LogP contribution in [-0.4, -0.2) is 33.0 Å². The number of fused-ring (bicyclic) bond motifs is 1. The average Bonchev–Trinajstić information content (AvgIpc) is 2.64. The first-order chi connectivity index (χ1) is 9.22. The summed E-state index contributed by atoms with van der Waals surface area (Å²) in [5, 5.41) is 8.80. The lowest BCUT2D eigenvalue weighted by molar-refractivity contribution is -0.137. The fourth-order valence-electron chi connectivity index (χ4n) is 1.72. The van der Waals surface area contributed by atoms with Gasteiger partial charge < -0.3 is 10.1 Å². The first kappa shape index (κ1) is 14.1. The number of imidazole rings is 1. The molecule has 1 heterocycles. The van der Waals surface area contributed by atoms with Crippen LogP contribution in [0.15, 0.2) is 23.0 Å². The molecule has 5 nitrogen and oxygen atoms in total. The molecule has 1 aromatic carbocycles. The number of alkyl halides is 4. The molecule has 0 aliphatic rings. The van der Waals surface area contributed by atoms with Crippen LogP contribution in [0.5, 0.6) is 0 Å². The highest BCUT2D eigenvalue weighted by Gasteiger charge is 2.41. The van der Waals surface area contributed by atoms with E-state index in [1.165, 1.54) is 6.07 Å². The van der Waals surface area contributed by atoms with Gasteiger partial charge >= 0.3 is 24.0 Å². The first-order valence-corrected chi connectivity index (χ1v) is 5.34.